The molecule has 2 aromatic carbocycles. The predicted molar refractivity (Wildman–Crippen MR) is 123 cm³/mol. The Morgan fingerprint density at radius 2 is 2.03 bits per heavy atom. The van der Waals surface area contributed by atoms with E-state index in [1.54, 1.807) is 12.1 Å². The lowest BCUT2D eigenvalue weighted by atomic mass is 9.88. The van der Waals surface area contributed by atoms with Crippen LogP contribution in [0.5, 0.6) is 11.5 Å². The van der Waals surface area contributed by atoms with Gasteiger partial charge in [-0.1, -0.05) is 17.7 Å². The molecule has 4 aliphatic rings. The van der Waals surface area contributed by atoms with Crippen molar-refractivity contribution in [2.24, 2.45) is 11.8 Å². The van der Waals surface area contributed by atoms with Crippen molar-refractivity contribution < 1.29 is 28.2 Å². The van der Waals surface area contributed by atoms with Gasteiger partial charge in [0, 0.05) is 22.8 Å². The van der Waals surface area contributed by atoms with E-state index >= 15 is 0 Å². The summed E-state index contributed by atoms with van der Waals surface area (Å²) in [7, 11) is 0.307. The molecule has 5 unspecified atom stereocenters. The van der Waals surface area contributed by atoms with E-state index in [4.69, 9.17) is 21.1 Å². The third kappa shape index (κ3) is 2.83. The highest BCUT2D eigenvalue weighted by Crippen LogP contribution is 2.86. The number of nitrogens with zero attached hydrogens (tertiary/aromatic N) is 1. The minimum absolute atomic E-state index is 0.0626. The van der Waals surface area contributed by atoms with Crippen molar-refractivity contribution in [1.29, 1.82) is 0 Å². The summed E-state index contributed by atoms with van der Waals surface area (Å²) in [6, 6.07) is 8.54. The average Bonchev–Trinajstić information content (AvgIpc) is 3.18. The van der Waals surface area contributed by atoms with Crippen LogP contribution in [0.3, 0.4) is 0 Å². The number of fused-ring (bicyclic) bond motifs is 2. The van der Waals surface area contributed by atoms with Crippen LogP contribution in [-0.2, 0) is 9.59 Å². The normalized spacial score (nSPS) is 32.4. The van der Waals surface area contributed by atoms with Crippen molar-refractivity contribution in [2.75, 3.05) is 24.4 Å². The molecule has 2 aromatic rings. The summed E-state index contributed by atoms with van der Waals surface area (Å²) in [6.07, 6.45) is 2.08. The van der Waals surface area contributed by atoms with Crippen molar-refractivity contribution in [2.45, 2.75) is 10.5 Å². The van der Waals surface area contributed by atoms with E-state index in [2.05, 4.69) is 11.5 Å². The molecule has 9 heteroatoms. The lowest BCUT2D eigenvalue weighted by Crippen LogP contribution is -2.33. The van der Waals surface area contributed by atoms with E-state index < -0.39 is 15.8 Å². The van der Waals surface area contributed by atoms with Gasteiger partial charge in [0.05, 0.1) is 29.0 Å². The zero-order chi connectivity index (χ0) is 23.1. The number of hydrogen-bond donors (Lipinski definition) is 0. The van der Waals surface area contributed by atoms with E-state index in [1.165, 1.54) is 25.3 Å². The van der Waals surface area contributed by atoms with E-state index in [1.807, 2.05) is 0 Å². The zero-order valence-electron chi connectivity index (χ0n) is 17.5. The summed E-state index contributed by atoms with van der Waals surface area (Å²) in [5.74, 6) is -0.313. The molecule has 2 amide bonds. The number of carbonyl (C=O) groups is 3. The number of benzene rings is 2. The first kappa shape index (κ1) is 20.7. The number of anilines is 1. The molecule has 0 saturated carbocycles. The van der Waals surface area contributed by atoms with Crippen molar-refractivity contribution >= 4 is 44.9 Å². The van der Waals surface area contributed by atoms with Crippen molar-refractivity contribution in [3.05, 3.63) is 64.3 Å². The summed E-state index contributed by atoms with van der Waals surface area (Å²) in [4.78, 5) is 39.6. The Balaban J connectivity index is 1.17. The molecule has 6 nitrogen and oxygen atoms in total. The van der Waals surface area contributed by atoms with E-state index in [9.17, 15) is 18.8 Å². The second-order valence-electron chi connectivity index (χ2n) is 8.65. The number of allylic oxidation sites excluding steroid dienone is 1. The summed E-state index contributed by atoms with van der Waals surface area (Å²) in [6.45, 7) is -0.326. The van der Waals surface area contributed by atoms with Gasteiger partial charge < -0.3 is 9.47 Å². The third-order valence-corrected chi connectivity index (χ3v) is 11.6. The zero-order valence-corrected chi connectivity index (χ0v) is 19.1. The molecule has 0 spiro atoms. The molecule has 3 saturated heterocycles. The molecule has 3 fully saturated rings. The molecule has 0 aliphatic carbocycles. The van der Waals surface area contributed by atoms with Crippen LogP contribution in [0.1, 0.15) is 10.4 Å². The van der Waals surface area contributed by atoms with Crippen LogP contribution in [0, 0.1) is 17.7 Å². The van der Waals surface area contributed by atoms with Crippen LogP contribution in [0.2, 0.25) is 5.02 Å². The number of carbonyl (C=O) groups excluding carboxylic acids is 3. The number of halogens is 2. The van der Waals surface area contributed by atoms with E-state index in [0.717, 1.165) is 16.7 Å². The number of amides is 2. The van der Waals surface area contributed by atoms with Crippen LogP contribution in [-0.4, -0.2) is 47.6 Å². The molecule has 4 aliphatic heterocycles. The quantitative estimate of drug-likeness (QED) is 0.350. The minimum Gasteiger partial charge on any atom is -0.495 e. The summed E-state index contributed by atoms with van der Waals surface area (Å²) in [5, 5.41) is 2.64. The number of Topliss-reactive ketones (excluding diaryl/α,β-unsaturated/α-hetero) is 1. The Bertz CT molecular complexity index is 1280. The highest BCUT2D eigenvalue weighted by Gasteiger charge is 2.75. The van der Waals surface area contributed by atoms with Crippen molar-refractivity contribution in [3.63, 3.8) is 0 Å². The summed E-state index contributed by atoms with van der Waals surface area (Å²) < 4.78 is 25.5. The van der Waals surface area contributed by atoms with Gasteiger partial charge >= 0.3 is 0 Å². The maximum Gasteiger partial charge on any atom is 0.246 e. The predicted octanol–water partition coefficient (Wildman–Crippen LogP) is 3.95. The molecule has 33 heavy (non-hydrogen) atoms. The molecule has 5 atom stereocenters. The van der Waals surface area contributed by atoms with Gasteiger partial charge in [-0.2, -0.15) is 0 Å². The van der Waals surface area contributed by atoms with Crippen LogP contribution < -0.4 is 14.4 Å². The van der Waals surface area contributed by atoms with Crippen LogP contribution in [0.25, 0.3) is 0 Å². The highest BCUT2D eigenvalue weighted by molar-refractivity contribution is 8.43. The molecule has 6 rings (SSSR count). The Labute approximate surface area is 195 Å². The fraction of sp³-hybridized carbons (Fsp3) is 0.292. The second-order valence-corrected chi connectivity index (χ2v) is 12.6. The molecular weight excluding hydrogens is 469 g/mol. The number of methoxy groups -OCH3 is 1. The topological polar surface area (TPSA) is 72.9 Å². The van der Waals surface area contributed by atoms with Gasteiger partial charge in [0.25, 0.3) is 0 Å². The Kier molecular flexibility index (Phi) is 4.45. The molecular formula is C24H19ClFNO5S. The standard InChI is InChI=1S/C24H19ClFNO5S/c1-31-19-5-2-12(8-15(19)25)18(28)10-32-13-3-4-17(16(26)9-13)27-23(29)21-14-6-7-33(11-20(14)33)22(21)24(27)30/h2-9,14,20-22H,10-11H2,1H3. The van der Waals surface area contributed by atoms with Crippen LogP contribution in [0.15, 0.2) is 47.9 Å². The molecule has 2 bridgehead atoms. The van der Waals surface area contributed by atoms with Gasteiger partial charge in [0.2, 0.25) is 11.8 Å². The largest absolute Gasteiger partial charge is 0.495 e. The van der Waals surface area contributed by atoms with Gasteiger partial charge in [-0.15, -0.1) is 0 Å². The first-order valence-corrected chi connectivity index (χ1v) is 12.9. The maximum atomic E-state index is 15.0. The first-order chi connectivity index (χ1) is 15.9. The molecule has 0 radical (unpaired) electrons. The Morgan fingerprint density at radius 3 is 2.70 bits per heavy atom. The SMILES string of the molecule is COc1ccc(C(=O)COc2ccc(N3C(=O)C4C5C=CS6(CC56)C4C3=O)c(F)c2)cc1Cl. The van der Waals surface area contributed by atoms with Gasteiger partial charge in [-0.3, -0.25) is 14.4 Å². The van der Waals surface area contributed by atoms with Gasteiger partial charge in [0.15, 0.2) is 18.2 Å². The van der Waals surface area contributed by atoms with Crippen molar-refractivity contribution in [3.8, 4) is 11.5 Å². The Morgan fingerprint density at radius 1 is 1.21 bits per heavy atom. The monoisotopic (exact) mass is 487 g/mol. The number of imide groups is 1. The fourth-order valence-corrected chi connectivity index (χ4v) is 10.6. The van der Waals surface area contributed by atoms with Gasteiger partial charge in [0.1, 0.15) is 11.5 Å². The smallest absolute Gasteiger partial charge is 0.246 e. The number of rotatable bonds is 6. The third-order valence-electron chi connectivity index (χ3n) is 7.07. The lowest BCUT2D eigenvalue weighted by Gasteiger charge is -2.24. The molecule has 170 valence electrons. The molecule has 0 aromatic heterocycles. The first-order valence-electron chi connectivity index (χ1n) is 10.5. The summed E-state index contributed by atoms with van der Waals surface area (Å²) >= 11 is 6.05. The summed E-state index contributed by atoms with van der Waals surface area (Å²) in [5.41, 5.74) is 0.272. The molecule has 4 heterocycles. The Hall–Kier alpha value is -2.84. The maximum absolute atomic E-state index is 15.0. The number of hydrogen-bond acceptors (Lipinski definition) is 5. The molecule has 0 N–H and O–H groups in total. The minimum atomic E-state index is -1.17. The van der Waals surface area contributed by atoms with Gasteiger partial charge in [-0.05, 0) is 41.5 Å². The van der Waals surface area contributed by atoms with Crippen LogP contribution >= 0.6 is 21.6 Å². The van der Waals surface area contributed by atoms with E-state index in [0.29, 0.717) is 21.6 Å². The number of ketones is 1. The highest BCUT2D eigenvalue weighted by atomic mass is 35.5. The number of ether oxygens (including phenoxy) is 2. The lowest BCUT2D eigenvalue weighted by molar-refractivity contribution is -0.122. The average molecular weight is 488 g/mol. The van der Waals surface area contributed by atoms with Gasteiger partial charge in [-0.25, -0.2) is 19.3 Å². The van der Waals surface area contributed by atoms with Crippen LogP contribution in [0.4, 0.5) is 10.1 Å². The van der Waals surface area contributed by atoms with E-state index in [-0.39, 0.29) is 52.7 Å². The second kappa shape index (κ2) is 7.08. The van der Waals surface area contributed by atoms with Crippen molar-refractivity contribution in [1.82, 2.24) is 0 Å². The fourth-order valence-electron chi connectivity index (χ4n) is 5.46.